The number of anilines is 1. The highest BCUT2D eigenvalue weighted by Crippen LogP contribution is 2.35. The molecule has 1 aromatic rings. The number of piperidine rings is 1. The molecule has 0 aromatic heterocycles. The lowest BCUT2D eigenvalue weighted by Crippen LogP contribution is -2.41. The number of alkyl halides is 3. The minimum atomic E-state index is -4.51. The summed E-state index contributed by atoms with van der Waals surface area (Å²) in [5.74, 6) is -0.711. The summed E-state index contributed by atoms with van der Waals surface area (Å²) in [6.07, 6.45) is -1.28. The van der Waals surface area contributed by atoms with E-state index in [2.05, 4.69) is 5.32 Å². The van der Waals surface area contributed by atoms with Crippen LogP contribution in [0.15, 0.2) is 24.3 Å². The summed E-state index contributed by atoms with van der Waals surface area (Å²) in [5, 5.41) is 2.40. The molecule has 0 spiro atoms. The molecule has 0 radical (unpaired) electrons. The van der Waals surface area contributed by atoms with Crippen molar-refractivity contribution in [3.05, 3.63) is 29.8 Å². The summed E-state index contributed by atoms with van der Waals surface area (Å²) < 4.78 is 39.0. The van der Waals surface area contributed by atoms with Crippen LogP contribution in [0.3, 0.4) is 0 Å². The molecule has 1 heterocycles. The lowest BCUT2D eigenvalue weighted by atomic mass is 9.95. The van der Waals surface area contributed by atoms with Crippen LogP contribution in [0, 0.1) is 5.92 Å². The van der Waals surface area contributed by atoms with Gasteiger partial charge in [-0.15, -0.1) is 0 Å². The van der Waals surface area contributed by atoms with Gasteiger partial charge < -0.3 is 10.2 Å². The van der Waals surface area contributed by atoms with E-state index in [0.717, 1.165) is 18.9 Å². The van der Waals surface area contributed by atoms with Crippen LogP contribution >= 0.6 is 0 Å². The van der Waals surface area contributed by atoms with E-state index in [9.17, 15) is 22.8 Å². The average Bonchev–Trinajstić information content (AvgIpc) is 2.59. The molecule has 7 heteroatoms. The number of carbonyl (C=O) groups excluding carboxylic acids is 2. The maximum Gasteiger partial charge on any atom is 0.418 e. The predicted molar refractivity (Wildman–Crippen MR) is 88.9 cm³/mol. The largest absolute Gasteiger partial charge is 0.418 e. The van der Waals surface area contributed by atoms with E-state index in [1.165, 1.54) is 18.2 Å². The number of benzene rings is 1. The number of carbonyl (C=O) groups is 2. The fourth-order valence-corrected chi connectivity index (χ4v) is 2.95. The van der Waals surface area contributed by atoms with E-state index < -0.39 is 17.6 Å². The number of nitrogens with one attached hydrogen (secondary N) is 1. The third kappa shape index (κ3) is 5.21. The van der Waals surface area contributed by atoms with Crippen molar-refractivity contribution in [3.63, 3.8) is 0 Å². The zero-order valence-corrected chi connectivity index (χ0v) is 14.2. The van der Waals surface area contributed by atoms with E-state index in [-0.39, 0.29) is 17.5 Å². The van der Waals surface area contributed by atoms with Crippen LogP contribution < -0.4 is 5.32 Å². The van der Waals surface area contributed by atoms with Crippen LogP contribution in [-0.2, 0) is 15.8 Å². The Kier molecular flexibility index (Phi) is 6.45. The van der Waals surface area contributed by atoms with Gasteiger partial charge in [0.05, 0.1) is 11.3 Å². The molecule has 1 N–H and O–H groups in total. The zero-order valence-electron chi connectivity index (χ0n) is 14.2. The molecule has 1 aromatic carbocycles. The van der Waals surface area contributed by atoms with E-state index in [1.54, 1.807) is 4.90 Å². The fourth-order valence-electron chi connectivity index (χ4n) is 2.95. The number of nitrogens with zero attached hydrogens (tertiary/aromatic N) is 1. The Morgan fingerprint density at radius 3 is 2.44 bits per heavy atom. The third-order valence-electron chi connectivity index (χ3n) is 4.45. The topological polar surface area (TPSA) is 49.4 Å². The molecule has 4 nitrogen and oxygen atoms in total. The second-order valence-electron chi connectivity index (χ2n) is 6.29. The van der Waals surface area contributed by atoms with Gasteiger partial charge in [0.1, 0.15) is 0 Å². The summed E-state index contributed by atoms with van der Waals surface area (Å²) in [6, 6.07) is 4.95. The molecule has 138 valence electrons. The van der Waals surface area contributed by atoms with Crippen LogP contribution in [0.25, 0.3) is 0 Å². The van der Waals surface area contributed by atoms with Gasteiger partial charge in [0.25, 0.3) is 0 Å². The van der Waals surface area contributed by atoms with Crippen molar-refractivity contribution >= 4 is 17.5 Å². The third-order valence-corrected chi connectivity index (χ3v) is 4.45. The normalized spacial score (nSPS) is 15.9. The maximum absolute atomic E-state index is 13.0. The van der Waals surface area contributed by atoms with Crippen molar-refractivity contribution in [2.75, 3.05) is 18.4 Å². The number of para-hydroxylation sites is 1. The lowest BCUT2D eigenvalue weighted by molar-refractivity contribution is -0.137. The van der Waals surface area contributed by atoms with Gasteiger partial charge in [-0.25, -0.2) is 0 Å². The monoisotopic (exact) mass is 356 g/mol. The molecule has 0 aliphatic carbocycles. The molecule has 0 atom stereocenters. The highest BCUT2D eigenvalue weighted by atomic mass is 19.4. The number of hydrogen-bond donors (Lipinski definition) is 1. The lowest BCUT2D eigenvalue weighted by Gasteiger charge is -2.31. The Balaban J connectivity index is 1.93. The van der Waals surface area contributed by atoms with E-state index >= 15 is 0 Å². The van der Waals surface area contributed by atoms with Crippen molar-refractivity contribution in [1.82, 2.24) is 4.90 Å². The van der Waals surface area contributed by atoms with E-state index in [0.29, 0.717) is 32.4 Å². The van der Waals surface area contributed by atoms with Crippen LogP contribution in [0.2, 0.25) is 0 Å². The number of halogens is 3. The minimum absolute atomic E-state index is 0.0862. The fraction of sp³-hybridized carbons (Fsp3) is 0.556. The van der Waals surface area contributed by atoms with E-state index in [1.807, 2.05) is 6.92 Å². The molecule has 0 bridgehead atoms. The SMILES string of the molecule is CCCCC(=O)N1CCC(C(=O)Nc2ccccc2C(F)(F)F)CC1. The second-order valence-corrected chi connectivity index (χ2v) is 6.29. The molecular formula is C18H23F3N2O2. The summed E-state index contributed by atoms with van der Waals surface area (Å²) >= 11 is 0. The Morgan fingerprint density at radius 2 is 1.84 bits per heavy atom. The van der Waals surface area contributed by atoms with Gasteiger partial charge in [-0.05, 0) is 31.4 Å². The predicted octanol–water partition coefficient (Wildman–Crippen LogP) is 4.07. The number of rotatable bonds is 5. The molecule has 1 saturated heterocycles. The Hall–Kier alpha value is -2.05. The van der Waals surface area contributed by atoms with Crippen molar-refractivity contribution in [2.24, 2.45) is 5.92 Å². The van der Waals surface area contributed by atoms with Crippen molar-refractivity contribution in [3.8, 4) is 0 Å². The first-order valence-corrected chi connectivity index (χ1v) is 8.57. The maximum atomic E-state index is 13.0. The molecular weight excluding hydrogens is 333 g/mol. The highest BCUT2D eigenvalue weighted by molar-refractivity contribution is 5.93. The van der Waals surface area contributed by atoms with Gasteiger partial charge in [-0.3, -0.25) is 9.59 Å². The average molecular weight is 356 g/mol. The molecule has 1 fully saturated rings. The molecule has 0 saturated carbocycles. The first-order valence-electron chi connectivity index (χ1n) is 8.57. The molecule has 1 aliphatic rings. The Labute approximate surface area is 145 Å². The van der Waals surface area contributed by atoms with Crippen molar-refractivity contribution in [2.45, 2.75) is 45.2 Å². The number of likely N-dealkylation sites (tertiary alicyclic amines) is 1. The van der Waals surface area contributed by atoms with E-state index in [4.69, 9.17) is 0 Å². The molecule has 2 amide bonds. The smallest absolute Gasteiger partial charge is 0.343 e. The standard InChI is InChI=1S/C18H23F3N2O2/c1-2-3-8-16(24)23-11-9-13(10-12-23)17(25)22-15-7-5-4-6-14(15)18(19,20)21/h4-7,13H,2-3,8-12H2,1H3,(H,22,25). The summed E-state index contributed by atoms with van der Waals surface area (Å²) in [4.78, 5) is 26.0. The summed E-state index contributed by atoms with van der Waals surface area (Å²) in [6.45, 7) is 2.96. The van der Waals surface area contributed by atoms with Crippen LogP contribution in [0.5, 0.6) is 0 Å². The van der Waals surface area contributed by atoms with Crippen molar-refractivity contribution in [1.29, 1.82) is 0 Å². The molecule has 2 rings (SSSR count). The van der Waals surface area contributed by atoms with Gasteiger partial charge in [-0.1, -0.05) is 25.5 Å². The quantitative estimate of drug-likeness (QED) is 0.864. The second kappa shape index (κ2) is 8.36. The van der Waals surface area contributed by atoms with Crippen LogP contribution in [0.1, 0.15) is 44.6 Å². The summed E-state index contributed by atoms with van der Waals surface area (Å²) in [7, 11) is 0. The van der Waals surface area contributed by atoms with Gasteiger partial charge in [0.15, 0.2) is 0 Å². The Bertz CT molecular complexity index is 609. The highest BCUT2D eigenvalue weighted by Gasteiger charge is 2.34. The van der Waals surface area contributed by atoms with Crippen molar-refractivity contribution < 1.29 is 22.8 Å². The zero-order chi connectivity index (χ0) is 18.4. The first kappa shape index (κ1) is 19.3. The van der Waals surface area contributed by atoms with Gasteiger partial charge in [0, 0.05) is 25.4 Å². The molecule has 1 aliphatic heterocycles. The first-order chi connectivity index (χ1) is 11.8. The van der Waals surface area contributed by atoms with Crippen LogP contribution in [0.4, 0.5) is 18.9 Å². The summed E-state index contributed by atoms with van der Waals surface area (Å²) in [5.41, 5.74) is -1.07. The van der Waals surface area contributed by atoms with Crippen LogP contribution in [-0.4, -0.2) is 29.8 Å². The molecule has 0 unspecified atom stereocenters. The molecule has 25 heavy (non-hydrogen) atoms. The number of hydrogen-bond acceptors (Lipinski definition) is 2. The number of amides is 2. The van der Waals surface area contributed by atoms with Gasteiger partial charge in [0.2, 0.25) is 11.8 Å². The van der Waals surface area contributed by atoms with Gasteiger partial charge in [-0.2, -0.15) is 13.2 Å². The number of unbranched alkanes of at least 4 members (excludes halogenated alkanes) is 1. The van der Waals surface area contributed by atoms with Gasteiger partial charge >= 0.3 is 6.18 Å². The Morgan fingerprint density at radius 1 is 1.20 bits per heavy atom. The minimum Gasteiger partial charge on any atom is -0.343 e.